The third kappa shape index (κ3) is 1.10. The largest absolute Gasteiger partial charge is 0.383 e. The zero-order chi connectivity index (χ0) is 9.42. The van der Waals surface area contributed by atoms with Gasteiger partial charge in [-0.2, -0.15) is 0 Å². The molecule has 0 spiro atoms. The minimum absolute atomic E-state index is 0.219. The predicted octanol–water partition coefficient (Wildman–Crippen LogP) is 0.349. The third-order valence-corrected chi connectivity index (χ3v) is 2.43. The van der Waals surface area contributed by atoms with Crippen LogP contribution in [0.1, 0.15) is 17.2 Å². The van der Waals surface area contributed by atoms with Gasteiger partial charge in [0.05, 0.1) is 6.04 Å². The van der Waals surface area contributed by atoms with Gasteiger partial charge in [0.1, 0.15) is 12.1 Å². The lowest BCUT2D eigenvalue weighted by Crippen LogP contribution is -2.18. The van der Waals surface area contributed by atoms with E-state index in [9.17, 15) is 4.79 Å². The van der Waals surface area contributed by atoms with Crippen LogP contribution in [0.3, 0.4) is 0 Å². The Morgan fingerprint density at radius 2 is 2.54 bits per heavy atom. The fourth-order valence-corrected chi connectivity index (χ4v) is 1.77. The molecule has 0 amide bonds. The van der Waals surface area contributed by atoms with Crippen molar-refractivity contribution in [1.82, 2.24) is 9.88 Å². The molecule has 0 radical (unpaired) electrons. The van der Waals surface area contributed by atoms with E-state index < -0.39 is 0 Å². The second-order valence-corrected chi connectivity index (χ2v) is 3.27. The van der Waals surface area contributed by atoms with E-state index in [1.807, 2.05) is 18.0 Å². The average molecular weight is 177 g/mol. The maximum absolute atomic E-state index is 10.8. The number of rotatable bonds is 1. The number of likely N-dealkylation sites (N-methyl/N-ethyl adjacent to an activating group) is 1. The maximum Gasteiger partial charge on any atom is 0.141 e. The maximum atomic E-state index is 10.8. The number of hydrogen-bond acceptors (Lipinski definition) is 4. The highest BCUT2D eigenvalue weighted by molar-refractivity contribution is 5.68. The van der Waals surface area contributed by atoms with E-state index in [4.69, 9.17) is 5.73 Å². The number of anilines is 1. The van der Waals surface area contributed by atoms with Crippen LogP contribution < -0.4 is 5.73 Å². The van der Waals surface area contributed by atoms with Crippen molar-refractivity contribution in [2.75, 3.05) is 12.8 Å². The molecule has 1 aliphatic rings. The van der Waals surface area contributed by atoms with E-state index in [1.54, 1.807) is 6.20 Å². The van der Waals surface area contributed by atoms with E-state index in [2.05, 4.69) is 4.98 Å². The number of fused-ring (bicyclic) bond motifs is 1. The lowest BCUT2D eigenvalue weighted by atomic mass is 10.1. The smallest absolute Gasteiger partial charge is 0.141 e. The molecule has 0 aliphatic carbocycles. The van der Waals surface area contributed by atoms with Crippen LogP contribution in [-0.2, 0) is 11.3 Å². The standard InChI is InChI=1S/C9H11N3O/c1-12-4-6-2-3-11-9(10)8(6)7(12)5-13/h2-3,5,7H,4H2,1H3,(H2,10,11). The first kappa shape index (κ1) is 8.19. The molecule has 0 bridgehead atoms. The quantitative estimate of drug-likeness (QED) is 0.629. The summed E-state index contributed by atoms with van der Waals surface area (Å²) in [5.74, 6) is 0.471. The number of carbonyl (C=O) groups is 1. The number of nitrogens with zero attached hydrogens (tertiary/aromatic N) is 2. The van der Waals surface area contributed by atoms with Gasteiger partial charge in [-0.05, 0) is 18.7 Å². The van der Waals surface area contributed by atoms with Gasteiger partial charge < -0.3 is 10.5 Å². The fourth-order valence-electron chi connectivity index (χ4n) is 1.77. The molecule has 4 heteroatoms. The van der Waals surface area contributed by atoms with Gasteiger partial charge in [0.25, 0.3) is 0 Å². The summed E-state index contributed by atoms with van der Waals surface area (Å²) < 4.78 is 0. The molecule has 1 aliphatic heterocycles. The summed E-state index contributed by atoms with van der Waals surface area (Å²) in [6.07, 6.45) is 2.58. The van der Waals surface area contributed by atoms with Gasteiger partial charge in [0.2, 0.25) is 0 Å². The molecule has 2 heterocycles. The third-order valence-electron chi connectivity index (χ3n) is 2.43. The number of nitrogen functional groups attached to an aromatic ring is 1. The molecule has 1 unspecified atom stereocenters. The van der Waals surface area contributed by atoms with Crippen LogP contribution in [0.25, 0.3) is 0 Å². The van der Waals surface area contributed by atoms with E-state index in [1.165, 1.54) is 0 Å². The number of carbonyl (C=O) groups excluding carboxylic acids is 1. The van der Waals surface area contributed by atoms with E-state index in [-0.39, 0.29) is 6.04 Å². The van der Waals surface area contributed by atoms with Crippen molar-refractivity contribution in [2.45, 2.75) is 12.6 Å². The number of pyridine rings is 1. The number of aldehydes is 1. The fraction of sp³-hybridized carbons (Fsp3) is 0.333. The topological polar surface area (TPSA) is 59.2 Å². The summed E-state index contributed by atoms with van der Waals surface area (Å²) >= 11 is 0. The summed E-state index contributed by atoms with van der Waals surface area (Å²) in [5.41, 5.74) is 7.68. The van der Waals surface area contributed by atoms with Crippen molar-refractivity contribution in [3.63, 3.8) is 0 Å². The average Bonchev–Trinajstić information content (AvgIpc) is 2.42. The van der Waals surface area contributed by atoms with Gasteiger partial charge in [0, 0.05) is 18.3 Å². The molecule has 0 saturated carbocycles. The zero-order valence-corrected chi connectivity index (χ0v) is 7.40. The minimum Gasteiger partial charge on any atom is -0.383 e. The van der Waals surface area contributed by atoms with Crippen LogP contribution in [-0.4, -0.2) is 23.2 Å². The van der Waals surface area contributed by atoms with E-state index in [0.29, 0.717) is 5.82 Å². The van der Waals surface area contributed by atoms with Gasteiger partial charge in [-0.1, -0.05) is 0 Å². The highest BCUT2D eigenvalue weighted by Crippen LogP contribution is 2.33. The van der Waals surface area contributed by atoms with Gasteiger partial charge in [0.15, 0.2) is 0 Å². The van der Waals surface area contributed by atoms with Crippen LogP contribution in [0.5, 0.6) is 0 Å². The SMILES string of the molecule is CN1Cc2ccnc(N)c2C1C=O. The number of hydrogen-bond donors (Lipinski definition) is 1. The Morgan fingerprint density at radius 3 is 3.23 bits per heavy atom. The number of aromatic nitrogens is 1. The van der Waals surface area contributed by atoms with Gasteiger partial charge in [-0.25, -0.2) is 4.98 Å². The second kappa shape index (κ2) is 2.81. The molecular formula is C9H11N3O. The Kier molecular flexibility index (Phi) is 1.77. The van der Waals surface area contributed by atoms with Crippen LogP contribution in [0, 0.1) is 0 Å². The molecule has 2 rings (SSSR count). The van der Waals surface area contributed by atoms with Gasteiger partial charge in [-0.3, -0.25) is 4.90 Å². The van der Waals surface area contributed by atoms with Crippen LogP contribution in [0.4, 0.5) is 5.82 Å². The molecule has 0 aromatic carbocycles. The summed E-state index contributed by atoms with van der Waals surface area (Å²) in [6.45, 7) is 0.769. The second-order valence-electron chi connectivity index (χ2n) is 3.27. The number of nitrogens with two attached hydrogens (primary N) is 1. The minimum atomic E-state index is -0.219. The Morgan fingerprint density at radius 1 is 1.77 bits per heavy atom. The first-order chi connectivity index (χ1) is 6.24. The highest BCUT2D eigenvalue weighted by Gasteiger charge is 2.29. The normalized spacial score (nSPS) is 21.5. The van der Waals surface area contributed by atoms with Crippen molar-refractivity contribution in [1.29, 1.82) is 0 Å². The monoisotopic (exact) mass is 177 g/mol. The zero-order valence-electron chi connectivity index (χ0n) is 7.40. The molecule has 1 aromatic heterocycles. The van der Waals surface area contributed by atoms with Crippen LogP contribution in [0.2, 0.25) is 0 Å². The molecule has 0 saturated heterocycles. The molecule has 68 valence electrons. The van der Waals surface area contributed by atoms with Crippen LogP contribution in [0.15, 0.2) is 12.3 Å². The Labute approximate surface area is 76.4 Å². The van der Waals surface area contributed by atoms with Crippen molar-refractivity contribution < 1.29 is 4.79 Å². The van der Waals surface area contributed by atoms with E-state index >= 15 is 0 Å². The molecule has 1 aromatic rings. The lowest BCUT2D eigenvalue weighted by molar-refractivity contribution is -0.111. The van der Waals surface area contributed by atoms with Crippen molar-refractivity contribution in [3.05, 3.63) is 23.4 Å². The molecular weight excluding hydrogens is 166 g/mol. The van der Waals surface area contributed by atoms with E-state index in [0.717, 1.165) is 24.0 Å². The first-order valence-corrected chi connectivity index (χ1v) is 4.13. The molecule has 13 heavy (non-hydrogen) atoms. The molecule has 4 nitrogen and oxygen atoms in total. The van der Waals surface area contributed by atoms with Crippen molar-refractivity contribution in [2.24, 2.45) is 0 Å². The summed E-state index contributed by atoms with van der Waals surface area (Å²) in [7, 11) is 1.90. The van der Waals surface area contributed by atoms with Crippen molar-refractivity contribution in [3.8, 4) is 0 Å². The van der Waals surface area contributed by atoms with Gasteiger partial charge >= 0.3 is 0 Å². The first-order valence-electron chi connectivity index (χ1n) is 4.13. The van der Waals surface area contributed by atoms with Crippen LogP contribution >= 0.6 is 0 Å². The highest BCUT2D eigenvalue weighted by atomic mass is 16.1. The summed E-state index contributed by atoms with van der Waals surface area (Å²) in [5, 5.41) is 0. The molecule has 1 atom stereocenters. The predicted molar refractivity (Wildman–Crippen MR) is 48.9 cm³/mol. The summed E-state index contributed by atoms with van der Waals surface area (Å²) in [6, 6.07) is 1.69. The lowest BCUT2D eigenvalue weighted by Gasteiger charge is -2.13. The van der Waals surface area contributed by atoms with Crippen molar-refractivity contribution >= 4 is 12.1 Å². The molecule has 2 N–H and O–H groups in total. The Bertz CT molecular complexity index is 351. The Hall–Kier alpha value is -1.42. The van der Waals surface area contributed by atoms with Gasteiger partial charge in [-0.15, -0.1) is 0 Å². The summed E-state index contributed by atoms with van der Waals surface area (Å²) in [4.78, 5) is 16.7. The Balaban J connectivity index is 2.55. The molecule has 0 fully saturated rings.